The lowest BCUT2D eigenvalue weighted by Gasteiger charge is -1.88. The summed E-state index contributed by atoms with van der Waals surface area (Å²) < 4.78 is 5.44. The van der Waals surface area contributed by atoms with E-state index in [0.717, 1.165) is 17.1 Å². The molecule has 0 fully saturated rings. The number of nitrogens with zero attached hydrogens (tertiary/aromatic N) is 1. The van der Waals surface area contributed by atoms with Crippen molar-refractivity contribution in [2.45, 2.75) is 19.2 Å². The van der Waals surface area contributed by atoms with Crippen molar-refractivity contribution in [2.24, 2.45) is 0 Å². The molecule has 0 aliphatic carbocycles. The molecule has 2 heterocycles. The molecule has 0 radical (unpaired) electrons. The molecule has 0 atom stereocenters. The van der Waals surface area contributed by atoms with Gasteiger partial charge in [0.2, 0.25) is 5.89 Å². The van der Waals surface area contributed by atoms with Crippen LogP contribution >= 0.6 is 22.9 Å². The SMILES string of the molecule is CCc1ccc(-c2cnc(CCl)o2)s1. The van der Waals surface area contributed by atoms with Crippen molar-refractivity contribution in [2.75, 3.05) is 0 Å². The van der Waals surface area contributed by atoms with Crippen molar-refractivity contribution in [3.8, 4) is 10.6 Å². The Morgan fingerprint density at radius 3 is 2.93 bits per heavy atom. The van der Waals surface area contributed by atoms with Crippen molar-refractivity contribution in [3.05, 3.63) is 29.1 Å². The summed E-state index contributed by atoms with van der Waals surface area (Å²) in [5, 5.41) is 0. The largest absolute Gasteiger partial charge is 0.439 e. The molecule has 0 aliphatic rings. The second-order valence-corrected chi connectivity index (χ2v) is 4.31. The van der Waals surface area contributed by atoms with Crippen LogP contribution in [-0.2, 0) is 12.3 Å². The van der Waals surface area contributed by atoms with Crippen LogP contribution < -0.4 is 0 Å². The van der Waals surface area contributed by atoms with Crippen LogP contribution in [0.25, 0.3) is 10.6 Å². The third-order valence-electron chi connectivity index (χ3n) is 1.92. The molecular formula is C10H10ClNOS. The average Bonchev–Trinajstić information content (AvgIpc) is 2.86. The molecule has 4 heteroatoms. The predicted molar refractivity (Wildman–Crippen MR) is 58.8 cm³/mol. The van der Waals surface area contributed by atoms with Crippen LogP contribution in [0.2, 0.25) is 0 Å². The molecule has 2 nitrogen and oxygen atoms in total. The molecule has 0 aliphatic heterocycles. The Bertz CT molecular complexity index is 381. The van der Waals surface area contributed by atoms with Gasteiger partial charge in [-0.1, -0.05) is 6.92 Å². The van der Waals surface area contributed by atoms with Gasteiger partial charge in [0.25, 0.3) is 0 Å². The third kappa shape index (κ3) is 1.83. The zero-order valence-electron chi connectivity index (χ0n) is 7.79. The standard InChI is InChI=1S/C10H10ClNOS/c1-2-7-3-4-9(14-7)8-6-12-10(5-11)13-8/h3-4,6H,2,5H2,1H3. The summed E-state index contributed by atoms with van der Waals surface area (Å²) in [7, 11) is 0. The number of halogens is 1. The molecular weight excluding hydrogens is 218 g/mol. The summed E-state index contributed by atoms with van der Waals surface area (Å²) >= 11 is 7.34. The number of hydrogen-bond donors (Lipinski definition) is 0. The maximum Gasteiger partial charge on any atom is 0.209 e. The molecule has 74 valence electrons. The second kappa shape index (κ2) is 4.15. The number of thiophene rings is 1. The summed E-state index contributed by atoms with van der Waals surface area (Å²) in [6, 6.07) is 4.17. The summed E-state index contributed by atoms with van der Waals surface area (Å²) in [5.74, 6) is 1.71. The lowest BCUT2D eigenvalue weighted by molar-refractivity contribution is 0.530. The maximum absolute atomic E-state index is 5.61. The monoisotopic (exact) mass is 227 g/mol. The van der Waals surface area contributed by atoms with E-state index < -0.39 is 0 Å². The van der Waals surface area contributed by atoms with Crippen LogP contribution in [0.3, 0.4) is 0 Å². The first-order valence-corrected chi connectivity index (χ1v) is 5.78. The van der Waals surface area contributed by atoms with Crippen LogP contribution in [0.1, 0.15) is 17.7 Å². The molecule has 0 N–H and O–H groups in total. The van der Waals surface area contributed by atoms with Crippen molar-refractivity contribution >= 4 is 22.9 Å². The average molecular weight is 228 g/mol. The molecule has 0 aromatic carbocycles. The molecule has 2 aromatic rings. The van der Waals surface area contributed by atoms with E-state index >= 15 is 0 Å². The zero-order chi connectivity index (χ0) is 9.97. The van der Waals surface area contributed by atoms with Crippen molar-refractivity contribution in [1.29, 1.82) is 0 Å². The Kier molecular flexibility index (Phi) is 2.89. The van der Waals surface area contributed by atoms with Gasteiger partial charge >= 0.3 is 0 Å². The molecule has 14 heavy (non-hydrogen) atoms. The molecule has 0 unspecified atom stereocenters. The third-order valence-corrected chi connectivity index (χ3v) is 3.39. The Morgan fingerprint density at radius 2 is 2.36 bits per heavy atom. The van der Waals surface area contributed by atoms with Gasteiger partial charge in [0.15, 0.2) is 5.76 Å². The second-order valence-electron chi connectivity index (χ2n) is 2.87. The number of hydrogen-bond acceptors (Lipinski definition) is 3. The van der Waals surface area contributed by atoms with Gasteiger partial charge in [0.1, 0.15) is 0 Å². The topological polar surface area (TPSA) is 26.0 Å². The van der Waals surface area contributed by atoms with Gasteiger partial charge in [0.05, 0.1) is 17.0 Å². The van der Waals surface area contributed by atoms with Crippen LogP contribution in [0.4, 0.5) is 0 Å². The van der Waals surface area contributed by atoms with Crippen molar-refractivity contribution in [3.63, 3.8) is 0 Å². The summed E-state index contributed by atoms with van der Waals surface area (Å²) in [5.41, 5.74) is 0. The van der Waals surface area contributed by atoms with Gasteiger partial charge in [-0.05, 0) is 18.6 Å². The van der Waals surface area contributed by atoms with Crippen molar-refractivity contribution < 1.29 is 4.42 Å². The maximum atomic E-state index is 5.61. The van der Waals surface area contributed by atoms with Gasteiger partial charge in [-0.15, -0.1) is 22.9 Å². The highest BCUT2D eigenvalue weighted by molar-refractivity contribution is 7.15. The van der Waals surface area contributed by atoms with Gasteiger partial charge in [-0.3, -0.25) is 0 Å². The Balaban J connectivity index is 2.29. The minimum Gasteiger partial charge on any atom is -0.439 e. The normalized spacial score (nSPS) is 10.7. The lowest BCUT2D eigenvalue weighted by atomic mass is 10.3. The first-order valence-electron chi connectivity index (χ1n) is 4.43. The Hall–Kier alpha value is -0.800. The number of oxazole rings is 1. The van der Waals surface area contributed by atoms with E-state index in [1.54, 1.807) is 17.5 Å². The molecule has 2 aromatic heterocycles. The van der Waals surface area contributed by atoms with Crippen molar-refractivity contribution in [1.82, 2.24) is 4.98 Å². The predicted octanol–water partition coefficient (Wildman–Crippen LogP) is 3.70. The van der Waals surface area contributed by atoms with Crippen LogP contribution in [0.15, 0.2) is 22.7 Å². The van der Waals surface area contributed by atoms with E-state index in [1.165, 1.54) is 4.88 Å². The highest BCUT2D eigenvalue weighted by Gasteiger charge is 2.07. The first-order chi connectivity index (χ1) is 6.83. The summed E-state index contributed by atoms with van der Waals surface area (Å²) in [4.78, 5) is 6.52. The number of aromatic nitrogens is 1. The summed E-state index contributed by atoms with van der Waals surface area (Å²) in [6.45, 7) is 2.14. The van der Waals surface area contributed by atoms with E-state index in [1.807, 2.05) is 0 Å². The molecule has 0 amide bonds. The van der Waals surface area contributed by atoms with E-state index in [-0.39, 0.29) is 0 Å². The van der Waals surface area contributed by atoms with Gasteiger partial charge in [-0.25, -0.2) is 4.98 Å². The first kappa shape index (κ1) is 9.74. The molecule has 2 rings (SSSR count). The summed E-state index contributed by atoms with van der Waals surface area (Å²) in [6.07, 6.45) is 2.78. The minimum absolute atomic E-state index is 0.325. The highest BCUT2D eigenvalue weighted by atomic mass is 35.5. The number of aryl methyl sites for hydroxylation is 1. The van der Waals surface area contributed by atoms with E-state index in [4.69, 9.17) is 16.0 Å². The Morgan fingerprint density at radius 1 is 1.50 bits per heavy atom. The van der Waals surface area contributed by atoms with E-state index in [2.05, 4.69) is 24.0 Å². The van der Waals surface area contributed by atoms with E-state index in [0.29, 0.717) is 11.8 Å². The fourth-order valence-corrected chi connectivity index (χ4v) is 2.20. The molecule has 0 saturated carbocycles. The molecule has 0 bridgehead atoms. The Labute approximate surface area is 91.5 Å². The van der Waals surface area contributed by atoms with Gasteiger partial charge < -0.3 is 4.42 Å². The molecule has 0 saturated heterocycles. The fraction of sp³-hybridized carbons (Fsp3) is 0.300. The molecule has 0 spiro atoms. The number of rotatable bonds is 3. The quantitative estimate of drug-likeness (QED) is 0.748. The minimum atomic E-state index is 0.325. The van der Waals surface area contributed by atoms with E-state index in [9.17, 15) is 0 Å². The smallest absolute Gasteiger partial charge is 0.209 e. The van der Waals surface area contributed by atoms with Crippen LogP contribution in [0, 0.1) is 0 Å². The van der Waals surface area contributed by atoms with Crippen LogP contribution in [-0.4, -0.2) is 4.98 Å². The highest BCUT2D eigenvalue weighted by Crippen LogP contribution is 2.29. The van der Waals surface area contributed by atoms with Gasteiger partial charge in [-0.2, -0.15) is 0 Å². The lowest BCUT2D eigenvalue weighted by Crippen LogP contribution is -1.70. The number of alkyl halides is 1. The van der Waals surface area contributed by atoms with Gasteiger partial charge in [0, 0.05) is 4.88 Å². The zero-order valence-corrected chi connectivity index (χ0v) is 9.36. The fourth-order valence-electron chi connectivity index (χ4n) is 1.19. The van der Waals surface area contributed by atoms with Crippen LogP contribution in [0.5, 0.6) is 0 Å².